The molecule has 232 valence electrons. The first-order valence-electron chi connectivity index (χ1n) is 13.5. The summed E-state index contributed by atoms with van der Waals surface area (Å²) in [5.74, 6) is -1.81. The average molecular weight is 738 g/mol. The molecule has 11 heteroatoms. The summed E-state index contributed by atoms with van der Waals surface area (Å²) in [4.78, 5) is 15.5. The van der Waals surface area contributed by atoms with Crippen LogP contribution in [0.2, 0.25) is 0 Å². The van der Waals surface area contributed by atoms with E-state index >= 15 is 0 Å². The van der Waals surface area contributed by atoms with E-state index < -0.39 is 23.8 Å². The minimum atomic E-state index is -1.02. The van der Waals surface area contributed by atoms with E-state index in [-0.39, 0.29) is 50.3 Å². The van der Waals surface area contributed by atoms with Crippen LogP contribution in [-0.2, 0) is 19.5 Å². The quantitative estimate of drug-likeness (QED) is 0.157. The van der Waals surface area contributed by atoms with Crippen LogP contribution in [0.1, 0.15) is 46.0 Å². The van der Waals surface area contributed by atoms with Crippen molar-refractivity contribution in [2.24, 2.45) is 0 Å². The molecule has 0 aliphatic rings. The fourth-order valence-electron chi connectivity index (χ4n) is 4.74. The Morgan fingerprint density at radius 1 is 0.976 bits per heavy atom. The molecule has 2 atom stereocenters. The number of rotatable bonds is 15. The van der Waals surface area contributed by atoms with Crippen molar-refractivity contribution in [3.05, 3.63) is 104 Å². The molecular formula is C31H40Cl2F2IN3O3. The summed E-state index contributed by atoms with van der Waals surface area (Å²) in [7, 11) is 0. The van der Waals surface area contributed by atoms with E-state index in [1.807, 2.05) is 43.3 Å². The van der Waals surface area contributed by atoms with Gasteiger partial charge in [0, 0.05) is 41.4 Å². The number of halogens is 5. The summed E-state index contributed by atoms with van der Waals surface area (Å²) in [5, 5.41) is 26.6. The number of benzene rings is 3. The fourth-order valence-corrected chi connectivity index (χ4v) is 5.35. The molecule has 0 fully saturated rings. The molecule has 0 unspecified atom stereocenters. The van der Waals surface area contributed by atoms with Crippen LogP contribution in [0.15, 0.2) is 60.7 Å². The zero-order chi connectivity index (χ0) is 29.1. The van der Waals surface area contributed by atoms with Crippen molar-refractivity contribution >= 4 is 53.3 Å². The zero-order valence-corrected chi connectivity index (χ0v) is 27.6. The van der Waals surface area contributed by atoms with Crippen molar-refractivity contribution in [3.8, 4) is 0 Å². The number of hydrogen-bond donors (Lipinski definition) is 4. The largest absolute Gasteiger partial charge is 0.395 e. The lowest BCUT2D eigenvalue weighted by Gasteiger charge is -2.25. The summed E-state index contributed by atoms with van der Waals surface area (Å²) in [5.41, 5.74) is 3.67. The van der Waals surface area contributed by atoms with Gasteiger partial charge < -0.3 is 20.8 Å². The molecule has 0 bridgehead atoms. The van der Waals surface area contributed by atoms with Crippen LogP contribution in [-0.4, -0.2) is 59.4 Å². The minimum Gasteiger partial charge on any atom is -0.395 e. The lowest BCUT2D eigenvalue weighted by Crippen LogP contribution is -2.48. The lowest BCUT2D eigenvalue weighted by atomic mass is 9.99. The van der Waals surface area contributed by atoms with E-state index in [1.165, 1.54) is 12.1 Å². The van der Waals surface area contributed by atoms with E-state index in [9.17, 15) is 23.8 Å². The normalized spacial score (nSPS) is 12.3. The highest BCUT2D eigenvalue weighted by molar-refractivity contribution is 14.1. The van der Waals surface area contributed by atoms with Gasteiger partial charge in [-0.1, -0.05) is 30.7 Å². The summed E-state index contributed by atoms with van der Waals surface area (Å²) >= 11 is 2.24. The first kappa shape index (κ1) is 38.2. The van der Waals surface area contributed by atoms with Crippen molar-refractivity contribution in [2.75, 3.05) is 26.2 Å². The topological polar surface area (TPSA) is 84.8 Å². The Balaban J connectivity index is 0.00000441. The number of aliphatic hydroxyl groups is 2. The number of nitrogens with one attached hydrogen (secondary N) is 2. The van der Waals surface area contributed by atoms with Gasteiger partial charge in [-0.25, -0.2) is 8.78 Å². The highest BCUT2D eigenvalue weighted by atomic mass is 127. The first-order chi connectivity index (χ1) is 19.2. The number of carbonyl (C=O) groups excluding carboxylic acids is 1. The maximum absolute atomic E-state index is 13.9. The number of nitrogens with zero attached hydrogens (tertiary/aromatic N) is 1. The van der Waals surface area contributed by atoms with Crippen molar-refractivity contribution in [1.82, 2.24) is 15.5 Å². The van der Waals surface area contributed by atoms with Crippen molar-refractivity contribution in [2.45, 2.75) is 51.9 Å². The van der Waals surface area contributed by atoms with Gasteiger partial charge in [0.25, 0.3) is 5.91 Å². The van der Waals surface area contributed by atoms with E-state index in [0.29, 0.717) is 30.8 Å². The van der Waals surface area contributed by atoms with Gasteiger partial charge in [0.2, 0.25) is 0 Å². The Morgan fingerprint density at radius 3 is 2.33 bits per heavy atom. The smallest absolute Gasteiger partial charge is 0.251 e. The Hall–Kier alpha value is -1.86. The molecule has 0 saturated carbocycles. The molecule has 0 saturated heterocycles. The van der Waals surface area contributed by atoms with Gasteiger partial charge >= 0.3 is 0 Å². The third kappa shape index (κ3) is 12.8. The number of hydrogen-bond acceptors (Lipinski definition) is 5. The van der Waals surface area contributed by atoms with Crippen LogP contribution >= 0.6 is 47.4 Å². The monoisotopic (exact) mass is 737 g/mol. The SMILES string of the molecule is CCCN(CCO)Cc1cc(C)cc(C(=O)N[C@@H](Cc2cc(F)cc(F)c2)[C@H](O)CNCc2cccc(I)c2)c1.Cl.Cl. The third-order valence-electron chi connectivity index (χ3n) is 6.49. The van der Waals surface area contributed by atoms with Crippen LogP contribution in [0.3, 0.4) is 0 Å². The molecule has 0 aliphatic carbocycles. The van der Waals surface area contributed by atoms with Crippen LogP contribution in [0.5, 0.6) is 0 Å². The number of amides is 1. The van der Waals surface area contributed by atoms with Crippen molar-refractivity contribution < 1.29 is 23.8 Å². The van der Waals surface area contributed by atoms with Crippen molar-refractivity contribution in [1.29, 1.82) is 0 Å². The highest BCUT2D eigenvalue weighted by Gasteiger charge is 2.23. The van der Waals surface area contributed by atoms with Gasteiger partial charge in [0.05, 0.1) is 18.8 Å². The predicted octanol–water partition coefficient (Wildman–Crippen LogP) is 5.42. The predicted molar refractivity (Wildman–Crippen MR) is 177 cm³/mol. The molecular weight excluding hydrogens is 698 g/mol. The molecule has 3 aromatic rings. The standard InChI is InChI=1S/C31H38F2IN3O3.2ClH/c1-3-7-37(8-9-38)20-24-10-21(2)11-25(12-24)31(40)36-29(16-23-13-26(32)17-27(33)14-23)30(39)19-35-18-22-5-4-6-28(34)15-22;;/h4-6,10-15,17,29-30,35,38-39H,3,7-9,16,18-20H2,1-2H3,(H,36,40);2*1H/t29-,30+;;/m0../s1. The second-order valence-corrected chi connectivity index (χ2v) is 11.3. The maximum Gasteiger partial charge on any atom is 0.251 e. The Bertz CT molecular complexity index is 1250. The molecule has 0 heterocycles. The Kier molecular flexibility index (Phi) is 17.7. The summed E-state index contributed by atoms with van der Waals surface area (Å²) in [6, 6.07) is 16.0. The number of aliphatic hydroxyl groups excluding tert-OH is 2. The second-order valence-electron chi connectivity index (χ2n) is 10.1. The number of carbonyl (C=O) groups is 1. The molecule has 1 amide bonds. The minimum absolute atomic E-state index is 0. The first-order valence-corrected chi connectivity index (χ1v) is 14.6. The average Bonchev–Trinajstić information content (AvgIpc) is 2.87. The van der Waals surface area contributed by atoms with Gasteiger partial charge in [-0.05, 0) is 102 Å². The molecule has 6 nitrogen and oxygen atoms in total. The number of aryl methyl sites for hydroxylation is 1. The van der Waals surface area contributed by atoms with Crippen LogP contribution in [0.25, 0.3) is 0 Å². The summed E-state index contributed by atoms with van der Waals surface area (Å²) in [6.45, 7) is 6.68. The van der Waals surface area contributed by atoms with Gasteiger partial charge in [-0.3, -0.25) is 9.69 Å². The van der Waals surface area contributed by atoms with Crippen molar-refractivity contribution in [3.63, 3.8) is 0 Å². The highest BCUT2D eigenvalue weighted by Crippen LogP contribution is 2.16. The third-order valence-corrected chi connectivity index (χ3v) is 7.16. The van der Waals surface area contributed by atoms with Crippen LogP contribution in [0.4, 0.5) is 8.78 Å². The Morgan fingerprint density at radius 2 is 1.69 bits per heavy atom. The van der Waals surface area contributed by atoms with Crippen LogP contribution in [0, 0.1) is 22.1 Å². The lowest BCUT2D eigenvalue weighted by molar-refractivity contribution is 0.0829. The molecule has 0 spiro atoms. The van der Waals surface area contributed by atoms with Gasteiger partial charge in [-0.2, -0.15) is 0 Å². The zero-order valence-electron chi connectivity index (χ0n) is 23.8. The molecule has 0 aliphatic heterocycles. The van der Waals surface area contributed by atoms with Gasteiger partial charge in [0.15, 0.2) is 0 Å². The molecule has 42 heavy (non-hydrogen) atoms. The second kappa shape index (κ2) is 19.4. The van der Waals surface area contributed by atoms with Crippen LogP contribution < -0.4 is 10.6 Å². The van der Waals surface area contributed by atoms with E-state index in [0.717, 1.165) is 39.3 Å². The summed E-state index contributed by atoms with van der Waals surface area (Å²) < 4.78 is 28.9. The maximum atomic E-state index is 13.9. The van der Waals surface area contributed by atoms with E-state index in [4.69, 9.17) is 0 Å². The van der Waals surface area contributed by atoms with Gasteiger partial charge in [-0.15, -0.1) is 24.8 Å². The Labute approximate surface area is 273 Å². The molecule has 3 aromatic carbocycles. The molecule has 3 rings (SSSR count). The molecule has 0 aromatic heterocycles. The fraction of sp³-hybridized carbons (Fsp3) is 0.387. The molecule has 4 N–H and O–H groups in total. The van der Waals surface area contributed by atoms with E-state index in [1.54, 1.807) is 6.07 Å². The van der Waals surface area contributed by atoms with E-state index in [2.05, 4.69) is 45.0 Å². The summed E-state index contributed by atoms with van der Waals surface area (Å²) in [6.07, 6.45) is -0.0324. The molecule has 0 radical (unpaired) electrons. The van der Waals surface area contributed by atoms with Gasteiger partial charge in [0.1, 0.15) is 11.6 Å².